The van der Waals surface area contributed by atoms with Crippen LogP contribution in [0.25, 0.3) is 0 Å². The largest absolute Gasteiger partial charge is 0.478 e. The SMILES string of the molecule is Cc1cc(S(=O)(=O)Nc2cc(Cl)cnc2C(=O)c2c(C)cccc2C(=O)O)ccc1Cl. The Morgan fingerprint density at radius 2 is 1.74 bits per heavy atom. The van der Waals surface area contributed by atoms with Gasteiger partial charge in [0.1, 0.15) is 5.69 Å². The number of carbonyl (C=O) groups excluding carboxylic acids is 1. The van der Waals surface area contributed by atoms with Crippen molar-refractivity contribution in [2.45, 2.75) is 18.7 Å². The second-order valence-electron chi connectivity index (χ2n) is 6.70. The third kappa shape index (κ3) is 4.71. The molecule has 0 spiro atoms. The number of aromatic nitrogens is 1. The standard InChI is InChI=1S/C21H16Cl2N2O5S/c1-11-4-3-5-15(21(27)28)18(11)20(26)19-17(9-13(22)10-24-19)25-31(29,30)14-6-7-16(23)12(2)8-14/h3-10,25H,1-2H3,(H,27,28). The number of nitrogens with one attached hydrogen (secondary N) is 1. The van der Waals surface area contributed by atoms with Crippen LogP contribution in [-0.4, -0.2) is 30.3 Å². The lowest BCUT2D eigenvalue weighted by Gasteiger charge is -2.14. The quantitative estimate of drug-likeness (QED) is 0.494. The molecule has 2 N–H and O–H groups in total. The summed E-state index contributed by atoms with van der Waals surface area (Å²) >= 11 is 11.9. The third-order valence-electron chi connectivity index (χ3n) is 4.48. The zero-order valence-electron chi connectivity index (χ0n) is 16.3. The summed E-state index contributed by atoms with van der Waals surface area (Å²) in [6, 6.07) is 9.77. The van der Waals surface area contributed by atoms with Crippen LogP contribution in [0.4, 0.5) is 5.69 Å². The first-order valence-corrected chi connectivity index (χ1v) is 11.1. The van der Waals surface area contributed by atoms with Gasteiger partial charge in [-0.15, -0.1) is 0 Å². The predicted octanol–water partition coefficient (Wildman–Crippen LogP) is 4.74. The lowest BCUT2D eigenvalue weighted by atomic mass is 9.96. The highest BCUT2D eigenvalue weighted by Gasteiger charge is 2.26. The van der Waals surface area contributed by atoms with Crippen molar-refractivity contribution >= 4 is 50.7 Å². The summed E-state index contributed by atoms with van der Waals surface area (Å²) < 4.78 is 28.1. The van der Waals surface area contributed by atoms with Crippen molar-refractivity contribution in [2.24, 2.45) is 0 Å². The van der Waals surface area contributed by atoms with Gasteiger partial charge in [-0.05, 0) is 55.3 Å². The first kappa shape index (κ1) is 22.7. The zero-order chi connectivity index (χ0) is 22.9. The molecule has 0 bridgehead atoms. The van der Waals surface area contributed by atoms with Gasteiger partial charge in [0.25, 0.3) is 10.0 Å². The summed E-state index contributed by atoms with van der Waals surface area (Å²) in [5.74, 6) is -2.04. The monoisotopic (exact) mass is 478 g/mol. The van der Waals surface area contributed by atoms with E-state index >= 15 is 0 Å². The molecule has 2 aromatic carbocycles. The van der Waals surface area contributed by atoms with Crippen molar-refractivity contribution in [2.75, 3.05) is 4.72 Å². The molecule has 1 heterocycles. The summed E-state index contributed by atoms with van der Waals surface area (Å²) in [5, 5.41) is 9.96. The molecule has 0 aliphatic heterocycles. The minimum Gasteiger partial charge on any atom is -0.478 e. The number of rotatable bonds is 6. The van der Waals surface area contributed by atoms with Gasteiger partial charge in [0, 0.05) is 16.8 Å². The number of anilines is 1. The molecular weight excluding hydrogens is 463 g/mol. The Morgan fingerprint density at radius 3 is 2.39 bits per heavy atom. The Hall–Kier alpha value is -2.94. The van der Waals surface area contributed by atoms with Crippen molar-refractivity contribution in [1.82, 2.24) is 4.98 Å². The number of benzene rings is 2. The molecule has 0 atom stereocenters. The van der Waals surface area contributed by atoms with Crippen molar-refractivity contribution < 1.29 is 23.1 Å². The summed E-state index contributed by atoms with van der Waals surface area (Å²) in [5.41, 5.74) is 0.191. The molecule has 0 fully saturated rings. The number of pyridine rings is 1. The fraction of sp³-hybridized carbons (Fsp3) is 0.0952. The van der Waals surface area contributed by atoms with Gasteiger partial charge in [0.15, 0.2) is 0 Å². The van der Waals surface area contributed by atoms with Gasteiger partial charge in [-0.2, -0.15) is 0 Å². The summed E-state index contributed by atoms with van der Waals surface area (Å²) in [6.45, 7) is 3.23. The van der Waals surface area contributed by atoms with E-state index in [4.69, 9.17) is 23.2 Å². The molecule has 0 saturated heterocycles. The maximum Gasteiger partial charge on any atom is 0.336 e. The highest BCUT2D eigenvalue weighted by Crippen LogP contribution is 2.28. The number of hydrogen-bond donors (Lipinski definition) is 2. The van der Waals surface area contributed by atoms with Gasteiger partial charge in [-0.1, -0.05) is 35.3 Å². The number of aryl methyl sites for hydroxylation is 2. The van der Waals surface area contributed by atoms with Gasteiger partial charge >= 0.3 is 5.97 Å². The molecule has 3 aromatic rings. The van der Waals surface area contributed by atoms with Crippen molar-refractivity contribution in [3.05, 3.63) is 86.7 Å². The number of sulfonamides is 1. The van der Waals surface area contributed by atoms with E-state index in [1.807, 2.05) is 0 Å². The van der Waals surface area contributed by atoms with Gasteiger partial charge in [-0.3, -0.25) is 9.52 Å². The topological polar surface area (TPSA) is 113 Å². The minimum atomic E-state index is -4.12. The Bertz CT molecular complexity index is 1320. The Balaban J connectivity index is 2.11. The second kappa shape index (κ2) is 8.66. The van der Waals surface area contributed by atoms with Crippen LogP contribution in [0.15, 0.2) is 53.6 Å². The fourth-order valence-corrected chi connectivity index (χ4v) is 4.37. The van der Waals surface area contributed by atoms with E-state index in [1.54, 1.807) is 19.9 Å². The summed E-state index contributed by atoms with van der Waals surface area (Å²) in [4.78, 5) is 28.7. The van der Waals surface area contributed by atoms with E-state index < -0.39 is 21.8 Å². The van der Waals surface area contributed by atoms with Gasteiger partial charge in [-0.25, -0.2) is 18.2 Å². The zero-order valence-corrected chi connectivity index (χ0v) is 18.6. The van der Waals surface area contributed by atoms with Gasteiger partial charge in [0.05, 0.1) is 21.2 Å². The maximum absolute atomic E-state index is 13.2. The number of ketones is 1. The van der Waals surface area contributed by atoms with E-state index in [2.05, 4.69) is 9.71 Å². The lowest BCUT2D eigenvalue weighted by Crippen LogP contribution is -2.19. The maximum atomic E-state index is 13.2. The highest BCUT2D eigenvalue weighted by atomic mass is 35.5. The van der Waals surface area contributed by atoms with E-state index in [0.717, 1.165) is 0 Å². The lowest BCUT2D eigenvalue weighted by molar-refractivity contribution is 0.0692. The Kier molecular flexibility index (Phi) is 6.35. The van der Waals surface area contributed by atoms with Gasteiger partial charge < -0.3 is 5.11 Å². The molecule has 0 aliphatic rings. The van der Waals surface area contributed by atoms with Crippen LogP contribution in [0.5, 0.6) is 0 Å². The Morgan fingerprint density at radius 1 is 1.03 bits per heavy atom. The number of aromatic carboxylic acids is 1. The summed E-state index contributed by atoms with van der Waals surface area (Å²) in [6.07, 6.45) is 1.18. The molecule has 160 valence electrons. The van der Waals surface area contributed by atoms with E-state index in [1.165, 1.54) is 42.6 Å². The average Bonchev–Trinajstić information content (AvgIpc) is 2.69. The predicted molar refractivity (Wildman–Crippen MR) is 118 cm³/mol. The first-order chi connectivity index (χ1) is 14.5. The third-order valence-corrected chi connectivity index (χ3v) is 6.48. The Labute approximate surface area is 188 Å². The van der Waals surface area contributed by atoms with Crippen LogP contribution in [0.1, 0.15) is 37.5 Å². The van der Waals surface area contributed by atoms with Crippen molar-refractivity contribution in [1.29, 1.82) is 0 Å². The average molecular weight is 479 g/mol. The molecule has 7 nitrogen and oxygen atoms in total. The molecule has 3 rings (SSSR count). The number of halogens is 2. The van der Waals surface area contributed by atoms with Crippen LogP contribution in [-0.2, 0) is 10.0 Å². The number of carboxylic acid groups (broad SMARTS) is 1. The van der Waals surface area contributed by atoms with Crippen LogP contribution in [0, 0.1) is 13.8 Å². The molecular formula is C21H16Cl2N2O5S. The smallest absolute Gasteiger partial charge is 0.336 e. The van der Waals surface area contributed by atoms with Crippen LogP contribution in [0.2, 0.25) is 10.0 Å². The van der Waals surface area contributed by atoms with Crippen LogP contribution in [0.3, 0.4) is 0 Å². The second-order valence-corrected chi connectivity index (χ2v) is 9.22. The summed E-state index contributed by atoms with van der Waals surface area (Å²) in [7, 11) is -4.12. The highest BCUT2D eigenvalue weighted by molar-refractivity contribution is 7.92. The van der Waals surface area contributed by atoms with E-state index in [0.29, 0.717) is 16.1 Å². The number of nitrogens with zero attached hydrogens (tertiary/aromatic N) is 1. The van der Waals surface area contributed by atoms with Crippen molar-refractivity contribution in [3.8, 4) is 0 Å². The molecule has 31 heavy (non-hydrogen) atoms. The molecule has 0 unspecified atom stereocenters. The minimum absolute atomic E-state index is 0.0742. The van der Waals surface area contributed by atoms with Crippen LogP contribution < -0.4 is 4.72 Å². The molecule has 0 saturated carbocycles. The van der Waals surface area contributed by atoms with Crippen molar-refractivity contribution in [3.63, 3.8) is 0 Å². The molecule has 0 aliphatic carbocycles. The number of carboxylic acids is 1. The van der Waals surface area contributed by atoms with E-state index in [-0.39, 0.29) is 32.4 Å². The van der Waals surface area contributed by atoms with Gasteiger partial charge in [0.2, 0.25) is 5.78 Å². The normalized spacial score (nSPS) is 11.2. The molecule has 0 amide bonds. The van der Waals surface area contributed by atoms with Crippen LogP contribution >= 0.6 is 23.2 Å². The molecule has 10 heteroatoms. The fourth-order valence-electron chi connectivity index (χ4n) is 2.95. The first-order valence-electron chi connectivity index (χ1n) is 8.83. The van der Waals surface area contributed by atoms with E-state index in [9.17, 15) is 23.1 Å². The molecule has 1 aromatic heterocycles. The number of hydrogen-bond acceptors (Lipinski definition) is 5. The molecule has 0 radical (unpaired) electrons. The number of carbonyl (C=O) groups is 2.